The van der Waals surface area contributed by atoms with Crippen LogP contribution in [0, 0.1) is 0 Å². The number of H-pyrrole nitrogens is 1. The summed E-state index contributed by atoms with van der Waals surface area (Å²) in [5.74, 6) is 1.26. The highest BCUT2D eigenvalue weighted by Gasteiger charge is 2.16. The second kappa shape index (κ2) is 4.15. The van der Waals surface area contributed by atoms with Gasteiger partial charge in [-0.05, 0) is 6.07 Å². The van der Waals surface area contributed by atoms with Crippen molar-refractivity contribution in [2.24, 2.45) is 0 Å². The van der Waals surface area contributed by atoms with Crippen LogP contribution in [0.25, 0.3) is 0 Å². The first-order valence-electron chi connectivity index (χ1n) is 4.67. The fourth-order valence-electron chi connectivity index (χ4n) is 1.65. The van der Waals surface area contributed by atoms with E-state index in [0.29, 0.717) is 0 Å². The average molecular weight is 197 g/mol. The Labute approximate surface area is 82.9 Å². The van der Waals surface area contributed by atoms with Gasteiger partial charge in [0.1, 0.15) is 0 Å². The molecule has 0 bridgehead atoms. The molecule has 0 saturated carbocycles. The van der Waals surface area contributed by atoms with Crippen molar-refractivity contribution in [1.29, 1.82) is 0 Å². The summed E-state index contributed by atoms with van der Waals surface area (Å²) in [7, 11) is 0. The number of aromatic nitrogens is 2. The first-order chi connectivity index (χ1) is 6.34. The molecule has 1 atom stereocenters. The highest BCUT2D eigenvalue weighted by atomic mass is 32.2. The summed E-state index contributed by atoms with van der Waals surface area (Å²) >= 11 is 2.07. The van der Waals surface area contributed by atoms with Gasteiger partial charge in [-0.3, -0.25) is 10.00 Å². The maximum absolute atomic E-state index is 3.95. The van der Waals surface area contributed by atoms with Crippen LogP contribution in [0.5, 0.6) is 0 Å². The smallest absolute Gasteiger partial charge is 0.0492 e. The van der Waals surface area contributed by atoms with Crippen molar-refractivity contribution in [1.82, 2.24) is 15.1 Å². The molecule has 2 heterocycles. The number of rotatable bonds is 2. The van der Waals surface area contributed by atoms with Crippen LogP contribution in [0.2, 0.25) is 0 Å². The van der Waals surface area contributed by atoms with Gasteiger partial charge in [-0.2, -0.15) is 16.9 Å². The molecule has 0 aliphatic carbocycles. The molecule has 1 fully saturated rings. The lowest BCUT2D eigenvalue weighted by Crippen LogP contribution is -2.36. The molecule has 3 nitrogen and oxygen atoms in total. The minimum atomic E-state index is 0.775. The summed E-state index contributed by atoms with van der Waals surface area (Å²) in [4.78, 5) is 2.48. The third-order valence-electron chi connectivity index (χ3n) is 2.28. The van der Waals surface area contributed by atoms with Crippen molar-refractivity contribution in [3.63, 3.8) is 0 Å². The zero-order chi connectivity index (χ0) is 9.10. The monoisotopic (exact) mass is 197 g/mol. The third kappa shape index (κ3) is 2.48. The number of hydrogen-bond acceptors (Lipinski definition) is 3. The second-order valence-electron chi connectivity index (χ2n) is 3.50. The Morgan fingerprint density at radius 1 is 1.77 bits per heavy atom. The molecule has 4 heteroatoms. The fraction of sp³-hybridized carbons (Fsp3) is 0.667. The molecule has 0 radical (unpaired) electrons. The molecule has 1 saturated heterocycles. The van der Waals surface area contributed by atoms with Crippen LogP contribution in [-0.2, 0) is 6.54 Å². The summed E-state index contributed by atoms with van der Waals surface area (Å²) in [6, 6.07) is 2.05. The Bertz CT molecular complexity index is 247. The first-order valence-corrected chi connectivity index (χ1v) is 5.71. The van der Waals surface area contributed by atoms with Gasteiger partial charge in [-0.1, -0.05) is 6.92 Å². The van der Waals surface area contributed by atoms with Crippen LogP contribution in [-0.4, -0.2) is 39.2 Å². The Kier molecular flexibility index (Phi) is 2.90. The van der Waals surface area contributed by atoms with E-state index in [1.54, 1.807) is 0 Å². The maximum atomic E-state index is 3.95. The second-order valence-corrected chi connectivity index (χ2v) is 5.04. The SMILES string of the molecule is CC1CN(Cc2ccn[nH]2)CCS1. The average Bonchev–Trinajstić information content (AvgIpc) is 2.57. The van der Waals surface area contributed by atoms with Crippen LogP contribution in [0.3, 0.4) is 0 Å². The van der Waals surface area contributed by atoms with E-state index in [9.17, 15) is 0 Å². The Hall–Kier alpha value is -0.480. The summed E-state index contributed by atoms with van der Waals surface area (Å²) < 4.78 is 0. The maximum Gasteiger partial charge on any atom is 0.0492 e. The lowest BCUT2D eigenvalue weighted by atomic mass is 10.3. The van der Waals surface area contributed by atoms with Gasteiger partial charge in [0.05, 0.1) is 0 Å². The van der Waals surface area contributed by atoms with Gasteiger partial charge in [0.25, 0.3) is 0 Å². The zero-order valence-corrected chi connectivity index (χ0v) is 8.68. The Morgan fingerprint density at radius 2 is 2.69 bits per heavy atom. The molecule has 1 unspecified atom stereocenters. The number of thioether (sulfide) groups is 1. The van der Waals surface area contributed by atoms with Gasteiger partial charge in [0.2, 0.25) is 0 Å². The van der Waals surface area contributed by atoms with Crippen molar-refractivity contribution in [2.45, 2.75) is 18.7 Å². The van der Waals surface area contributed by atoms with Crippen LogP contribution in [0.15, 0.2) is 12.3 Å². The number of nitrogens with one attached hydrogen (secondary N) is 1. The largest absolute Gasteiger partial charge is 0.296 e. The van der Waals surface area contributed by atoms with Gasteiger partial charge in [-0.25, -0.2) is 0 Å². The quantitative estimate of drug-likeness (QED) is 0.776. The highest BCUT2D eigenvalue weighted by molar-refractivity contribution is 7.99. The van der Waals surface area contributed by atoms with Crippen molar-refractivity contribution in [3.8, 4) is 0 Å². The van der Waals surface area contributed by atoms with E-state index < -0.39 is 0 Å². The van der Waals surface area contributed by atoms with Crippen molar-refractivity contribution in [2.75, 3.05) is 18.8 Å². The van der Waals surface area contributed by atoms with Crippen LogP contribution < -0.4 is 0 Å². The number of nitrogens with zero attached hydrogens (tertiary/aromatic N) is 2. The molecule has 2 rings (SSSR count). The number of hydrogen-bond donors (Lipinski definition) is 1. The van der Waals surface area contributed by atoms with E-state index in [0.717, 1.165) is 11.8 Å². The normalized spacial score (nSPS) is 24.8. The summed E-state index contributed by atoms with van der Waals surface area (Å²) in [6.45, 7) is 5.71. The minimum Gasteiger partial charge on any atom is -0.296 e. The van der Waals surface area contributed by atoms with Gasteiger partial charge in [-0.15, -0.1) is 0 Å². The van der Waals surface area contributed by atoms with Gasteiger partial charge in [0.15, 0.2) is 0 Å². The van der Waals surface area contributed by atoms with Crippen molar-refractivity contribution >= 4 is 11.8 Å². The predicted molar refractivity (Wildman–Crippen MR) is 55.8 cm³/mol. The lowest BCUT2D eigenvalue weighted by molar-refractivity contribution is 0.275. The molecular formula is C9H15N3S. The van der Waals surface area contributed by atoms with Crippen LogP contribution in [0.1, 0.15) is 12.6 Å². The number of aromatic amines is 1. The minimum absolute atomic E-state index is 0.775. The summed E-state index contributed by atoms with van der Waals surface area (Å²) in [6.07, 6.45) is 1.82. The zero-order valence-electron chi connectivity index (χ0n) is 7.86. The lowest BCUT2D eigenvalue weighted by Gasteiger charge is -2.29. The van der Waals surface area contributed by atoms with Crippen LogP contribution in [0.4, 0.5) is 0 Å². The standard InChI is InChI=1S/C9H15N3S/c1-8-6-12(4-5-13-8)7-9-2-3-10-11-9/h2-3,8H,4-7H2,1H3,(H,10,11). The van der Waals surface area contributed by atoms with E-state index in [1.165, 1.54) is 24.5 Å². The summed E-state index contributed by atoms with van der Waals surface area (Å²) in [5, 5.41) is 7.73. The molecule has 1 N–H and O–H groups in total. The topological polar surface area (TPSA) is 31.9 Å². The van der Waals surface area contributed by atoms with E-state index in [-0.39, 0.29) is 0 Å². The van der Waals surface area contributed by atoms with E-state index in [1.807, 2.05) is 12.3 Å². The van der Waals surface area contributed by atoms with Crippen molar-refractivity contribution in [3.05, 3.63) is 18.0 Å². The van der Waals surface area contributed by atoms with Gasteiger partial charge >= 0.3 is 0 Å². The van der Waals surface area contributed by atoms with Crippen LogP contribution >= 0.6 is 11.8 Å². The molecule has 0 spiro atoms. The summed E-state index contributed by atoms with van der Waals surface area (Å²) in [5.41, 5.74) is 1.22. The molecule has 1 aromatic heterocycles. The Balaban J connectivity index is 1.87. The molecule has 72 valence electrons. The van der Waals surface area contributed by atoms with E-state index >= 15 is 0 Å². The molecule has 0 amide bonds. The molecular weight excluding hydrogens is 182 g/mol. The Morgan fingerprint density at radius 3 is 3.38 bits per heavy atom. The van der Waals surface area contributed by atoms with Gasteiger partial charge < -0.3 is 0 Å². The predicted octanol–water partition coefficient (Wildman–Crippen LogP) is 1.35. The molecule has 0 aromatic carbocycles. The molecule has 13 heavy (non-hydrogen) atoms. The van der Waals surface area contributed by atoms with Gasteiger partial charge in [0, 0.05) is 42.5 Å². The van der Waals surface area contributed by atoms with E-state index in [4.69, 9.17) is 0 Å². The first kappa shape index (κ1) is 9.09. The molecule has 1 aliphatic rings. The third-order valence-corrected chi connectivity index (χ3v) is 3.41. The van der Waals surface area contributed by atoms with E-state index in [2.05, 4.69) is 33.8 Å². The molecule has 1 aliphatic heterocycles. The molecule has 1 aromatic rings. The fourth-order valence-corrected chi connectivity index (χ4v) is 2.73. The highest BCUT2D eigenvalue weighted by Crippen LogP contribution is 2.18. The van der Waals surface area contributed by atoms with Crippen molar-refractivity contribution < 1.29 is 0 Å².